The number of halogens is 1. The number of morpholine rings is 1. The standard InChI is InChI=1S/C21H21ClN4O3/c22-18-7-2-1-6-17(18)20-24-19(29-25-20)13-23-21(27)16-5-3-4-15(12-16)14-26-8-10-28-11-9-26/h1-7,12H,8-11,13-14H2,(H,23,27). The maximum absolute atomic E-state index is 12.5. The van der Waals surface area contributed by atoms with Gasteiger partial charge in [0.15, 0.2) is 0 Å². The predicted octanol–water partition coefficient (Wildman–Crippen LogP) is 3.15. The van der Waals surface area contributed by atoms with Gasteiger partial charge in [-0.1, -0.05) is 41.0 Å². The maximum Gasteiger partial charge on any atom is 0.251 e. The zero-order valence-electron chi connectivity index (χ0n) is 15.8. The second-order valence-corrected chi connectivity index (χ2v) is 7.17. The lowest BCUT2D eigenvalue weighted by molar-refractivity contribution is 0.0342. The molecule has 29 heavy (non-hydrogen) atoms. The molecule has 8 heteroatoms. The van der Waals surface area contributed by atoms with E-state index in [0.29, 0.717) is 27.9 Å². The van der Waals surface area contributed by atoms with Crippen molar-refractivity contribution in [3.05, 3.63) is 70.6 Å². The van der Waals surface area contributed by atoms with Crippen LogP contribution in [0, 0.1) is 0 Å². The summed E-state index contributed by atoms with van der Waals surface area (Å²) in [6, 6.07) is 14.9. The molecule has 0 unspecified atom stereocenters. The number of amides is 1. The molecule has 1 N–H and O–H groups in total. The van der Waals surface area contributed by atoms with E-state index in [0.717, 1.165) is 38.4 Å². The summed E-state index contributed by atoms with van der Waals surface area (Å²) in [6.07, 6.45) is 0. The van der Waals surface area contributed by atoms with E-state index in [1.165, 1.54) is 0 Å². The number of hydrogen-bond donors (Lipinski definition) is 1. The van der Waals surface area contributed by atoms with Gasteiger partial charge in [-0.25, -0.2) is 0 Å². The molecule has 150 valence electrons. The minimum Gasteiger partial charge on any atom is -0.379 e. The van der Waals surface area contributed by atoms with Crippen LogP contribution in [0.25, 0.3) is 11.4 Å². The highest BCUT2D eigenvalue weighted by Gasteiger charge is 2.14. The van der Waals surface area contributed by atoms with Gasteiger partial charge < -0.3 is 14.6 Å². The van der Waals surface area contributed by atoms with E-state index in [1.807, 2.05) is 36.4 Å². The molecule has 2 aromatic carbocycles. The number of benzene rings is 2. The van der Waals surface area contributed by atoms with E-state index in [4.69, 9.17) is 20.9 Å². The van der Waals surface area contributed by atoms with E-state index in [1.54, 1.807) is 12.1 Å². The van der Waals surface area contributed by atoms with E-state index in [2.05, 4.69) is 20.4 Å². The highest BCUT2D eigenvalue weighted by Crippen LogP contribution is 2.24. The zero-order chi connectivity index (χ0) is 20.1. The number of nitrogens with one attached hydrogen (secondary N) is 1. The molecular formula is C21H21ClN4O3. The monoisotopic (exact) mass is 412 g/mol. The average molecular weight is 413 g/mol. The molecule has 0 radical (unpaired) electrons. The van der Waals surface area contributed by atoms with Crippen LogP contribution < -0.4 is 5.32 Å². The fourth-order valence-electron chi connectivity index (χ4n) is 3.16. The number of rotatable bonds is 6. The van der Waals surface area contributed by atoms with E-state index in [9.17, 15) is 4.79 Å². The lowest BCUT2D eigenvalue weighted by Gasteiger charge is -2.26. The number of hydrogen-bond acceptors (Lipinski definition) is 6. The second kappa shape index (κ2) is 9.17. The van der Waals surface area contributed by atoms with Crippen LogP contribution in [0.1, 0.15) is 21.8 Å². The Balaban J connectivity index is 1.36. The molecular weight excluding hydrogens is 392 g/mol. The molecule has 2 heterocycles. The van der Waals surface area contributed by atoms with Crippen LogP contribution in [0.5, 0.6) is 0 Å². The molecule has 4 rings (SSSR count). The normalized spacial score (nSPS) is 14.7. The summed E-state index contributed by atoms with van der Waals surface area (Å²) in [5.74, 6) is 0.524. The van der Waals surface area contributed by atoms with Gasteiger partial charge in [0.05, 0.1) is 24.8 Å². The van der Waals surface area contributed by atoms with Crippen molar-refractivity contribution in [2.45, 2.75) is 13.1 Å². The molecule has 7 nitrogen and oxygen atoms in total. The smallest absolute Gasteiger partial charge is 0.251 e. The van der Waals surface area contributed by atoms with Crippen LogP contribution >= 0.6 is 11.6 Å². The summed E-state index contributed by atoms with van der Waals surface area (Å²) < 4.78 is 10.6. The Kier molecular flexibility index (Phi) is 6.19. The molecule has 0 bridgehead atoms. The minimum atomic E-state index is -0.189. The van der Waals surface area contributed by atoms with Crippen molar-refractivity contribution in [3.8, 4) is 11.4 Å². The first-order valence-electron chi connectivity index (χ1n) is 9.44. The highest BCUT2D eigenvalue weighted by molar-refractivity contribution is 6.33. The molecule has 0 aliphatic carbocycles. The van der Waals surface area contributed by atoms with Gasteiger partial charge in [-0.15, -0.1) is 0 Å². The van der Waals surface area contributed by atoms with Crippen molar-refractivity contribution in [2.24, 2.45) is 0 Å². The Morgan fingerprint density at radius 1 is 1.14 bits per heavy atom. The van der Waals surface area contributed by atoms with Crippen molar-refractivity contribution in [3.63, 3.8) is 0 Å². The first-order chi connectivity index (χ1) is 14.2. The van der Waals surface area contributed by atoms with Crippen molar-refractivity contribution < 1.29 is 14.1 Å². The highest BCUT2D eigenvalue weighted by atomic mass is 35.5. The summed E-state index contributed by atoms with van der Waals surface area (Å²) >= 11 is 6.16. The number of nitrogens with zero attached hydrogens (tertiary/aromatic N) is 3. The molecule has 3 aromatic rings. The van der Waals surface area contributed by atoms with Gasteiger partial charge in [-0.05, 0) is 29.8 Å². The Morgan fingerprint density at radius 2 is 1.97 bits per heavy atom. The summed E-state index contributed by atoms with van der Waals surface area (Å²) in [5.41, 5.74) is 2.38. The Morgan fingerprint density at radius 3 is 2.79 bits per heavy atom. The van der Waals surface area contributed by atoms with E-state index in [-0.39, 0.29) is 12.5 Å². The first-order valence-corrected chi connectivity index (χ1v) is 9.81. The summed E-state index contributed by atoms with van der Waals surface area (Å²) in [6.45, 7) is 4.25. The van der Waals surface area contributed by atoms with Crippen LogP contribution in [0.3, 0.4) is 0 Å². The quantitative estimate of drug-likeness (QED) is 0.669. The zero-order valence-corrected chi connectivity index (χ0v) is 16.6. The van der Waals surface area contributed by atoms with Crippen molar-refractivity contribution in [1.29, 1.82) is 0 Å². The van der Waals surface area contributed by atoms with Gasteiger partial charge in [0.1, 0.15) is 0 Å². The maximum atomic E-state index is 12.5. The van der Waals surface area contributed by atoms with Crippen LogP contribution in [-0.4, -0.2) is 47.3 Å². The number of ether oxygens (including phenoxy) is 1. The SMILES string of the molecule is O=C(NCc1nc(-c2ccccc2Cl)no1)c1cccc(CN2CCOCC2)c1. The van der Waals surface area contributed by atoms with Gasteiger partial charge >= 0.3 is 0 Å². The lowest BCUT2D eigenvalue weighted by atomic mass is 10.1. The van der Waals surface area contributed by atoms with Crippen molar-refractivity contribution in [2.75, 3.05) is 26.3 Å². The lowest BCUT2D eigenvalue weighted by Crippen LogP contribution is -2.35. The largest absolute Gasteiger partial charge is 0.379 e. The van der Waals surface area contributed by atoms with Gasteiger partial charge in [-0.2, -0.15) is 4.98 Å². The minimum absolute atomic E-state index is 0.143. The molecule has 1 aliphatic rings. The van der Waals surface area contributed by atoms with Crippen molar-refractivity contribution in [1.82, 2.24) is 20.4 Å². The molecule has 1 aromatic heterocycles. The Hall–Kier alpha value is -2.74. The van der Waals surface area contributed by atoms with Gasteiger partial charge in [0, 0.05) is 30.8 Å². The predicted molar refractivity (Wildman–Crippen MR) is 108 cm³/mol. The second-order valence-electron chi connectivity index (χ2n) is 6.76. The third kappa shape index (κ3) is 5.00. The molecule has 1 amide bonds. The number of carbonyl (C=O) groups excluding carboxylic acids is 1. The van der Waals surface area contributed by atoms with Crippen LogP contribution in [-0.2, 0) is 17.8 Å². The van der Waals surface area contributed by atoms with Crippen LogP contribution in [0.15, 0.2) is 53.1 Å². The molecule has 0 spiro atoms. The van der Waals surface area contributed by atoms with Crippen LogP contribution in [0.4, 0.5) is 0 Å². The Bertz CT molecular complexity index is 985. The van der Waals surface area contributed by atoms with Gasteiger partial charge in [0.25, 0.3) is 5.91 Å². The van der Waals surface area contributed by atoms with Crippen LogP contribution in [0.2, 0.25) is 5.02 Å². The fraction of sp³-hybridized carbons (Fsp3) is 0.286. The van der Waals surface area contributed by atoms with Gasteiger partial charge in [-0.3, -0.25) is 9.69 Å². The number of carbonyl (C=O) groups is 1. The Labute approximate surface area is 173 Å². The van der Waals surface area contributed by atoms with E-state index < -0.39 is 0 Å². The van der Waals surface area contributed by atoms with E-state index >= 15 is 0 Å². The van der Waals surface area contributed by atoms with Crippen molar-refractivity contribution >= 4 is 17.5 Å². The third-order valence-corrected chi connectivity index (χ3v) is 5.01. The summed E-state index contributed by atoms with van der Waals surface area (Å²) in [4.78, 5) is 19.2. The number of aromatic nitrogens is 2. The molecule has 0 atom stereocenters. The fourth-order valence-corrected chi connectivity index (χ4v) is 3.39. The third-order valence-electron chi connectivity index (χ3n) is 4.68. The molecule has 1 fully saturated rings. The molecule has 1 saturated heterocycles. The summed E-state index contributed by atoms with van der Waals surface area (Å²) in [5, 5.41) is 7.31. The average Bonchev–Trinajstić information content (AvgIpc) is 3.22. The first kappa shape index (κ1) is 19.6. The molecule has 0 saturated carbocycles. The topological polar surface area (TPSA) is 80.5 Å². The molecule has 1 aliphatic heterocycles. The summed E-state index contributed by atoms with van der Waals surface area (Å²) in [7, 11) is 0. The van der Waals surface area contributed by atoms with Gasteiger partial charge in [0.2, 0.25) is 11.7 Å².